The zero-order valence-electron chi connectivity index (χ0n) is 12.1. The molecule has 0 saturated heterocycles. The second-order valence-corrected chi connectivity index (χ2v) is 6.49. The summed E-state index contributed by atoms with van der Waals surface area (Å²) in [5.41, 5.74) is 0.236. The normalized spacial score (nSPS) is 11.2. The Morgan fingerprint density at radius 2 is 1.87 bits per heavy atom. The summed E-state index contributed by atoms with van der Waals surface area (Å²) in [7, 11) is -3.75. The Morgan fingerprint density at radius 3 is 2.39 bits per heavy atom. The predicted octanol–water partition coefficient (Wildman–Crippen LogP) is 2.34. The molecule has 0 fully saturated rings. The highest BCUT2D eigenvalue weighted by Crippen LogP contribution is 2.22. The number of benzene rings is 1. The van der Waals surface area contributed by atoms with Gasteiger partial charge in [0.05, 0.1) is 23.1 Å². The van der Waals surface area contributed by atoms with Crippen LogP contribution in [-0.2, 0) is 20.3 Å². The number of ether oxygens (including phenoxy) is 1. The smallest absolute Gasteiger partial charge is 0.433 e. The molecule has 0 N–H and O–H groups in total. The second kappa shape index (κ2) is 6.61. The first-order valence-corrected chi connectivity index (χ1v) is 8.22. The van der Waals surface area contributed by atoms with E-state index in [1.165, 1.54) is 30.3 Å². The maximum absolute atomic E-state index is 12.2. The van der Waals surface area contributed by atoms with Crippen molar-refractivity contribution in [3.05, 3.63) is 57.8 Å². The first-order valence-electron chi connectivity index (χ1n) is 6.56. The minimum atomic E-state index is -3.75. The molecule has 2 aromatic rings. The monoisotopic (exact) mass is 339 g/mol. The molecule has 0 aliphatic rings. The van der Waals surface area contributed by atoms with Crippen molar-refractivity contribution >= 4 is 21.7 Å². The number of sulfone groups is 1. The molecule has 1 aromatic heterocycles. The third-order valence-corrected chi connectivity index (χ3v) is 4.54. The van der Waals surface area contributed by atoms with Crippen molar-refractivity contribution < 1.29 is 27.3 Å². The lowest BCUT2D eigenvalue weighted by Crippen LogP contribution is -2.07. The topological polar surface area (TPSA) is 117 Å². The number of carbonyl (C=O) groups excluding carboxylic acids is 1. The zero-order chi connectivity index (χ0) is 17.0. The van der Waals surface area contributed by atoms with Gasteiger partial charge >= 0.3 is 11.9 Å². The summed E-state index contributed by atoms with van der Waals surface area (Å²) in [6.07, 6.45) is 0. The van der Waals surface area contributed by atoms with Crippen LogP contribution in [0.4, 0.5) is 5.88 Å². The first kappa shape index (κ1) is 16.7. The van der Waals surface area contributed by atoms with Crippen LogP contribution in [-0.4, -0.2) is 25.9 Å². The fourth-order valence-electron chi connectivity index (χ4n) is 1.83. The van der Waals surface area contributed by atoms with Gasteiger partial charge in [0.2, 0.25) is 0 Å². The molecule has 0 radical (unpaired) electrons. The van der Waals surface area contributed by atoms with Gasteiger partial charge < -0.3 is 9.15 Å². The fourth-order valence-corrected chi connectivity index (χ4v) is 3.07. The van der Waals surface area contributed by atoms with Gasteiger partial charge in [0.1, 0.15) is 16.4 Å². The van der Waals surface area contributed by atoms with Crippen LogP contribution in [0.1, 0.15) is 23.0 Å². The van der Waals surface area contributed by atoms with Crippen molar-refractivity contribution in [2.24, 2.45) is 0 Å². The van der Waals surface area contributed by atoms with Gasteiger partial charge in [-0.15, -0.1) is 0 Å². The van der Waals surface area contributed by atoms with Crippen LogP contribution in [0, 0.1) is 10.1 Å². The minimum Gasteiger partial charge on any atom is -0.462 e. The van der Waals surface area contributed by atoms with Crippen molar-refractivity contribution in [3.63, 3.8) is 0 Å². The fraction of sp³-hybridized carbons (Fsp3) is 0.214. The summed E-state index contributed by atoms with van der Waals surface area (Å²) >= 11 is 0. The lowest BCUT2D eigenvalue weighted by atomic mass is 10.2. The number of nitro groups is 1. The van der Waals surface area contributed by atoms with Crippen LogP contribution in [0.2, 0.25) is 0 Å². The van der Waals surface area contributed by atoms with Gasteiger partial charge in [0, 0.05) is 0 Å². The number of hydrogen-bond donors (Lipinski definition) is 0. The van der Waals surface area contributed by atoms with E-state index in [0.717, 1.165) is 6.07 Å². The quantitative estimate of drug-likeness (QED) is 0.450. The number of carbonyl (C=O) groups is 1. The number of esters is 1. The lowest BCUT2D eigenvalue weighted by Gasteiger charge is -2.04. The van der Waals surface area contributed by atoms with Crippen molar-refractivity contribution in [1.29, 1.82) is 0 Å². The highest BCUT2D eigenvalue weighted by Gasteiger charge is 2.21. The molecular weight excluding hydrogens is 326 g/mol. The molecule has 2 rings (SSSR count). The average Bonchev–Trinajstić information content (AvgIpc) is 2.95. The third-order valence-electron chi connectivity index (χ3n) is 2.88. The standard InChI is InChI=1S/C14H13NO7S/c1-2-21-14(16)10-3-6-12(7-4-10)23(19,20)9-11-5-8-13(22-11)15(17)18/h3-8H,2,9H2,1H3. The Balaban J connectivity index is 2.18. The van der Waals surface area contributed by atoms with Crippen molar-refractivity contribution in [3.8, 4) is 0 Å². The molecule has 9 heteroatoms. The summed E-state index contributed by atoms with van der Waals surface area (Å²) < 4.78 is 34.1. The van der Waals surface area contributed by atoms with Gasteiger partial charge in [-0.05, 0) is 37.3 Å². The van der Waals surface area contributed by atoms with Crippen LogP contribution < -0.4 is 0 Å². The number of hydrogen-bond acceptors (Lipinski definition) is 7. The molecule has 1 heterocycles. The molecule has 0 amide bonds. The number of furan rings is 1. The summed E-state index contributed by atoms with van der Waals surface area (Å²) in [5.74, 6) is -1.61. The molecule has 0 spiro atoms. The Hall–Kier alpha value is -2.68. The molecule has 0 bridgehead atoms. The van der Waals surface area contributed by atoms with Crippen LogP contribution in [0.3, 0.4) is 0 Å². The Morgan fingerprint density at radius 1 is 1.22 bits per heavy atom. The molecule has 1 aromatic carbocycles. The maximum Gasteiger partial charge on any atom is 0.433 e. The van der Waals surface area contributed by atoms with Gasteiger partial charge in [-0.25, -0.2) is 13.2 Å². The van der Waals surface area contributed by atoms with Crippen molar-refractivity contribution in [1.82, 2.24) is 0 Å². The van der Waals surface area contributed by atoms with Crippen LogP contribution in [0.25, 0.3) is 0 Å². The van der Waals surface area contributed by atoms with E-state index in [-0.39, 0.29) is 22.8 Å². The molecule has 0 unspecified atom stereocenters. The molecule has 8 nitrogen and oxygen atoms in total. The van der Waals surface area contributed by atoms with Gasteiger partial charge in [-0.3, -0.25) is 10.1 Å². The highest BCUT2D eigenvalue weighted by atomic mass is 32.2. The highest BCUT2D eigenvalue weighted by molar-refractivity contribution is 7.90. The Labute approximate surface area is 131 Å². The predicted molar refractivity (Wildman–Crippen MR) is 78.7 cm³/mol. The van der Waals surface area contributed by atoms with E-state index in [2.05, 4.69) is 0 Å². The van der Waals surface area contributed by atoms with Gasteiger partial charge in [0.25, 0.3) is 0 Å². The zero-order valence-corrected chi connectivity index (χ0v) is 12.9. The van der Waals surface area contributed by atoms with E-state index >= 15 is 0 Å². The van der Waals surface area contributed by atoms with Gasteiger partial charge in [0.15, 0.2) is 9.84 Å². The Bertz CT molecular complexity index is 821. The van der Waals surface area contributed by atoms with E-state index < -0.39 is 32.4 Å². The maximum atomic E-state index is 12.2. The summed E-state index contributed by atoms with van der Waals surface area (Å²) in [6.45, 7) is 1.88. The van der Waals surface area contributed by atoms with E-state index in [1.807, 2.05) is 0 Å². The average molecular weight is 339 g/mol. The molecule has 0 aliphatic heterocycles. The largest absolute Gasteiger partial charge is 0.462 e. The second-order valence-electron chi connectivity index (χ2n) is 4.50. The molecular formula is C14H13NO7S. The molecule has 0 saturated carbocycles. The van der Waals surface area contributed by atoms with E-state index in [9.17, 15) is 23.3 Å². The Kier molecular flexibility index (Phi) is 4.80. The van der Waals surface area contributed by atoms with Crippen LogP contribution in [0.5, 0.6) is 0 Å². The summed E-state index contributed by atoms with van der Waals surface area (Å²) in [6, 6.07) is 7.57. The first-order chi connectivity index (χ1) is 10.8. The van der Waals surface area contributed by atoms with E-state index in [1.54, 1.807) is 6.92 Å². The number of nitrogens with zero attached hydrogens (tertiary/aromatic N) is 1. The van der Waals surface area contributed by atoms with Gasteiger partial charge in [-0.2, -0.15) is 0 Å². The third kappa shape index (κ3) is 3.95. The lowest BCUT2D eigenvalue weighted by molar-refractivity contribution is -0.402. The van der Waals surface area contributed by atoms with E-state index in [4.69, 9.17) is 9.15 Å². The van der Waals surface area contributed by atoms with Crippen LogP contribution >= 0.6 is 0 Å². The van der Waals surface area contributed by atoms with E-state index in [0.29, 0.717) is 0 Å². The molecule has 0 atom stereocenters. The summed E-state index contributed by atoms with van der Waals surface area (Å²) in [4.78, 5) is 21.3. The SMILES string of the molecule is CCOC(=O)c1ccc(S(=O)(=O)Cc2ccc([N+](=O)[O-])o2)cc1. The van der Waals surface area contributed by atoms with Crippen molar-refractivity contribution in [2.75, 3.05) is 6.61 Å². The minimum absolute atomic E-state index is 0.0235. The summed E-state index contributed by atoms with van der Waals surface area (Å²) in [5, 5.41) is 10.5. The van der Waals surface area contributed by atoms with Crippen LogP contribution in [0.15, 0.2) is 45.7 Å². The van der Waals surface area contributed by atoms with Gasteiger partial charge in [-0.1, -0.05) is 0 Å². The number of rotatable bonds is 6. The molecule has 23 heavy (non-hydrogen) atoms. The van der Waals surface area contributed by atoms with Crippen molar-refractivity contribution in [2.45, 2.75) is 17.6 Å². The molecule has 122 valence electrons. The molecule has 0 aliphatic carbocycles.